The van der Waals surface area contributed by atoms with Crippen molar-refractivity contribution in [3.8, 4) is 0 Å². The van der Waals surface area contributed by atoms with E-state index in [1.807, 2.05) is 31.2 Å². The largest absolute Gasteiger partial charge is 0.385 e. The number of carbonyl (C=O) groups is 2. The molecule has 0 saturated carbocycles. The number of hydrogen-bond acceptors (Lipinski definition) is 3. The third-order valence-corrected chi connectivity index (χ3v) is 2.26. The fraction of sp³-hybridized carbons (Fsp3) is 0.385. The molecule has 0 aromatic heterocycles. The first kappa shape index (κ1) is 14.0. The van der Waals surface area contributed by atoms with Crippen molar-refractivity contribution in [3.05, 3.63) is 24.3 Å². The van der Waals surface area contributed by atoms with Gasteiger partial charge in [-0.25, -0.2) is 0 Å². The molecular weight excluding hydrogens is 230 g/mol. The van der Waals surface area contributed by atoms with Crippen molar-refractivity contribution in [1.82, 2.24) is 5.32 Å². The Bertz CT molecular complexity index is 401. The van der Waals surface area contributed by atoms with Crippen LogP contribution in [0, 0.1) is 0 Å². The molecule has 1 rings (SSSR count). The predicted molar refractivity (Wildman–Crippen MR) is 72.5 cm³/mol. The average molecular weight is 249 g/mol. The smallest absolute Gasteiger partial charge is 0.221 e. The Morgan fingerprint density at radius 3 is 2.28 bits per heavy atom. The van der Waals surface area contributed by atoms with Crippen LogP contribution in [0.2, 0.25) is 0 Å². The molecule has 0 spiro atoms. The molecule has 0 unspecified atom stereocenters. The van der Waals surface area contributed by atoms with Gasteiger partial charge in [-0.2, -0.15) is 0 Å². The monoisotopic (exact) mass is 249 g/mol. The highest BCUT2D eigenvalue weighted by Gasteiger charge is 1.99. The average Bonchev–Trinajstić information content (AvgIpc) is 2.31. The zero-order valence-corrected chi connectivity index (χ0v) is 10.7. The first-order valence-corrected chi connectivity index (χ1v) is 6.00. The van der Waals surface area contributed by atoms with Gasteiger partial charge in [0.2, 0.25) is 11.8 Å². The first-order valence-electron chi connectivity index (χ1n) is 6.00. The number of anilines is 2. The zero-order valence-electron chi connectivity index (χ0n) is 10.7. The van der Waals surface area contributed by atoms with E-state index in [0.29, 0.717) is 19.5 Å². The Morgan fingerprint density at radius 1 is 1.11 bits per heavy atom. The van der Waals surface area contributed by atoms with Crippen LogP contribution >= 0.6 is 0 Å². The standard InChI is InChI=1S/C13H19N3O2/c1-3-14-13(18)8-9-15-11-4-6-12(7-5-11)16-10(2)17/h4-7,15H,3,8-9H2,1-2H3,(H,14,18)(H,16,17). The third-order valence-electron chi connectivity index (χ3n) is 2.26. The van der Waals surface area contributed by atoms with E-state index >= 15 is 0 Å². The number of carbonyl (C=O) groups excluding carboxylic acids is 2. The van der Waals surface area contributed by atoms with Crippen molar-refractivity contribution in [3.63, 3.8) is 0 Å². The van der Waals surface area contributed by atoms with Crippen LogP contribution in [-0.4, -0.2) is 24.9 Å². The summed E-state index contributed by atoms with van der Waals surface area (Å²) in [4.78, 5) is 22.0. The van der Waals surface area contributed by atoms with Crippen LogP contribution in [0.15, 0.2) is 24.3 Å². The lowest BCUT2D eigenvalue weighted by Gasteiger charge is -2.07. The highest BCUT2D eigenvalue weighted by atomic mass is 16.2. The molecule has 0 saturated heterocycles. The van der Waals surface area contributed by atoms with Gasteiger partial charge < -0.3 is 16.0 Å². The van der Waals surface area contributed by atoms with E-state index < -0.39 is 0 Å². The Labute approximate surface area is 107 Å². The Morgan fingerprint density at radius 2 is 1.72 bits per heavy atom. The van der Waals surface area contributed by atoms with Crippen LogP contribution in [0.25, 0.3) is 0 Å². The van der Waals surface area contributed by atoms with Crippen molar-refractivity contribution in [2.45, 2.75) is 20.3 Å². The lowest BCUT2D eigenvalue weighted by Crippen LogP contribution is -2.24. The van der Waals surface area contributed by atoms with Gasteiger partial charge in [0, 0.05) is 37.8 Å². The van der Waals surface area contributed by atoms with E-state index in [9.17, 15) is 9.59 Å². The Balaban J connectivity index is 2.35. The van der Waals surface area contributed by atoms with Gasteiger partial charge in [-0.15, -0.1) is 0 Å². The summed E-state index contributed by atoms with van der Waals surface area (Å²) < 4.78 is 0. The van der Waals surface area contributed by atoms with Crippen LogP contribution in [0.3, 0.4) is 0 Å². The summed E-state index contributed by atoms with van der Waals surface area (Å²) in [5, 5.41) is 8.57. The maximum absolute atomic E-state index is 11.2. The molecule has 0 heterocycles. The lowest BCUT2D eigenvalue weighted by atomic mass is 10.2. The summed E-state index contributed by atoms with van der Waals surface area (Å²) >= 11 is 0. The summed E-state index contributed by atoms with van der Waals surface area (Å²) in [5.41, 5.74) is 1.69. The van der Waals surface area contributed by atoms with Crippen LogP contribution < -0.4 is 16.0 Å². The Hall–Kier alpha value is -2.04. The molecule has 1 aromatic rings. The lowest BCUT2D eigenvalue weighted by molar-refractivity contribution is -0.120. The minimum atomic E-state index is -0.0908. The molecule has 5 heteroatoms. The van der Waals surface area contributed by atoms with Crippen molar-refractivity contribution in [1.29, 1.82) is 0 Å². The summed E-state index contributed by atoms with van der Waals surface area (Å²) in [6.45, 7) is 4.61. The van der Waals surface area contributed by atoms with Gasteiger partial charge in [-0.3, -0.25) is 9.59 Å². The molecule has 3 N–H and O–H groups in total. The summed E-state index contributed by atoms with van der Waals surface area (Å²) in [5.74, 6) is -0.0492. The second-order valence-electron chi connectivity index (χ2n) is 3.89. The quantitative estimate of drug-likeness (QED) is 0.717. The van der Waals surface area contributed by atoms with Gasteiger partial charge in [0.25, 0.3) is 0 Å². The van der Waals surface area contributed by atoms with Gasteiger partial charge in [-0.1, -0.05) is 0 Å². The maximum Gasteiger partial charge on any atom is 0.221 e. The molecule has 0 aliphatic rings. The molecule has 98 valence electrons. The highest BCUT2D eigenvalue weighted by Crippen LogP contribution is 2.13. The Kier molecular flexibility index (Phi) is 5.70. The number of amides is 2. The molecule has 5 nitrogen and oxygen atoms in total. The summed E-state index contributed by atoms with van der Waals surface area (Å²) in [7, 11) is 0. The SMILES string of the molecule is CCNC(=O)CCNc1ccc(NC(C)=O)cc1. The van der Waals surface area contributed by atoms with E-state index in [4.69, 9.17) is 0 Å². The van der Waals surface area contributed by atoms with E-state index in [1.54, 1.807) is 0 Å². The van der Waals surface area contributed by atoms with Crippen LogP contribution in [0.1, 0.15) is 20.3 Å². The fourth-order valence-corrected chi connectivity index (χ4v) is 1.48. The molecule has 0 aliphatic heterocycles. The number of nitrogens with one attached hydrogen (secondary N) is 3. The molecule has 0 bridgehead atoms. The van der Waals surface area contributed by atoms with Crippen LogP contribution in [0.5, 0.6) is 0 Å². The van der Waals surface area contributed by atoms with Gasteiger partial charge in [-0.05, 0) is 31.2 Å². The summed E-state index contributed by atoms with van der Waals surface area (Å²) in [6.07, 6.45) is 0.446. The van der Waals surface area contributed by atoms with Crippen LogP contribution in [-0.2, 0) is 9.59 Å². The fourth-order valence-electron chi connectivity index (χ4n) is 1.48. The van der Waals surface area contributed by atoms with Gasteiger partial charge in [0.15, 0.2) is 0 Å². The second kappa shape index (κ2) is 7.32. The molecule has 18 heavy (non-hydrogen) atoms. The number of rotatable bonds is 6. The van der Waals surface area contributed by atoms with Crippen molar-refractivity contribution >= 4 is 23.2 Å². The minimum absolute atomic E-state index is 0.0415. The molecule has 0 radical (unpaired) electrons. The van der Waals surface area contributed by atoms with Crippen molar-refractivity contribution < 1.29 is 9.59 Å². The topological polar surface area (TPSA) is 70.2 Å². The molecule has 0 fully saturated rings. The second-order valence-corrected chi connectivity index (χ2v) is 3.89. The maximum atomic E-state index is 11.2. The minimum Gasteiger partial charge on any atom is -0.385 e. The summed E-state index contributed by atoms with van der Waals surface area (Å²) in [6, 6.07) is 7.36. The third kappa shape index (κ3) is 5.34. The molecule has 2 amide bonds. The van der Waals surface area contributed by atoms with Gasteiger partial charge in [0.1, 0.15) is 0 Å². The number of hydrogen-bond donors (Lipinski definition) is 3. The molecule has 0 atom stereocenters. The van der Waals surface area contributed by atoms with Gasteiger partial charge >= 0.3 is 0 Å². The predicted octanol–water partition coefficient (Wildman–Crippen LogP) is 1.58. The van der Waals surface area contributed by atoms with E-state index in [2.05, 4.69) is 16.0 Å². The molecule has 0 aliphatic carbocycles. The van der Waals surface area contributed by atoms with E-state index in [1.165, 1.54) is 6.92 Å². The zero-order chi connectivity index (χ0) is 13.4. The molecule has 1 aromatic carbocycles. The van der Waals surface area contributed by atoms with E-state index in [-0.39, 0.29) is 11.8 Å². The molecular formula is C13H19N3O2. The highest BCUT2D eigenvalue weighted by molar-refractivity contribution is 5.88. The van der Waals surface area contributed by atoms with Crippen molar-refractivity contribution in [2.75, 3.05) is 23.7 Å². The normalized spacial score (nSPS) is 9.67. The van der Waals surface area contributed by atoms with Gasteiger partial charge in [0.05, 0.1) is 0 Å². The van der Waals surface area contributed by atoms with Crippen molar-refractivity contribution in [2.24, 2.45) is 0 Å². The first-order chi connectivity index (χ1) is 8.61. The van der Waals surface area contributed by atoms with E-state index in [0.717, 1.165) is 11.4 Å². The number of benzene rings is 1. The van der Waals surface area contributed by atoms with Crippen LogP contribution in [0.4, 0.5) is 11.4 Å².